The summed E-state index contributed by atoms with van der Waals surface area (Å²) in [5.41, 5.74) is 3.25. The molecule has 0 aliphatic rings. The zero-order valence-corrected chi connectivity index (χ0v) is 11.9. The molecule has 0 saturated carbocycles. The van der Waals surface area contributed by atoms with E-state index in [1.165, 1.54) is 5.56 Å². The highest BCUT2D eigenvalue weighted by Gasteiger charge is 2.12. The van der Waals surface area contributed by atoms with Crippen molar-refractivity contribution in [2.45, 2.75) is 19.9 Å². The number of carbonyl (C=O) groups is 1. The van der Waals surface area contributed by atoms with E-state index in [4.69, 9.17) is 5.11 Å². The average molecular weight is 286 g/mol. The number of hydrogen-bond donors (Lipinski definition) is 1. The lowest BCUT2D eigenvalue weighted by molar-refractivity contribution is 0.0697. The van der Waals surface area contributed by atoms with Crippen molar-refractivity contribution in [3.05, 3.63) is 52.0 Å². The SMILES string of the molecule is CCc1nc2cc(C(=O)O)ccc2n1Cc1ccsc1. The van der Waals surface area contributed by atoms with Gasteiger partial charge in [0.15, 0.2) is 0 Å². The summed E-state index contributed by atoms with van der Waals surface area (Å²) < 4.78 is 2.16. The maximum atomic E-state index is 11.0. The van der Waals surface area contributed by atoms with Crippen LogP contribution >= 0.6 is 11.3 Å². The molecule has 2 aromatic heterocycles. The second-order valence-electron chi connectivity index (χ2n) is 4.61. The lowest BCUT2D eigenvalue weighted by Crippen LogP contribution is -2.03. The molecule has 0 amide bonds. The molecule has 0 fully saturated rings. The standard InChI is InChI=1S/C15H14N2O2S/c1-2-14-16-12-7-11(15(18)19)3-4-13(12)17(14)8-10-5-6-20-9-10/h3-7,9H,2,8H2,1H3,(H,18,19). The maximum Gasteiger partial charge on any atom is 0.335 e. The van der Waals surface area contributed by atoms with Gasteiger partial charge in [-0.25, -0.2) is 9.78 Å². The summed E-state index contributed by atoms with van der Waals surface area (Å²) in [4.78, 5) is 15.6. The minimum atomic E-state index is -0.919. The summed E-state index contributed by atoms with van der Waals surface area (Å²) in [6.07, 6.45) is 0.821. The van der Waals surface area contributed by atoms with Gasteiger partial charge in [-0.05, 0) is 40.6 Å². The summed E-state index contributed by atoms with van der Waals surface area (Å²) in [7, 11) is 0. The van der Waals surface area contributed by atoms with Crippen LogP contribution in [0, 0.1) is 0 Å². The van der Waals surface area contributed by atoms with Gasteiger partial charge in [-0.2, -0.15) is 11.3 Å². The lowest BCUT2D eigenvalue weighted by Gasteiger charge is -2.06. The van der Waals surface area contributed by atoms with Crippen LogP contribution in [0.1, 0.15) is 28.7 Å². The Morgan fingerprint density at radius 1 is 1.40 bits per heavy atom. The second kappa shape index (κ2) is 5.09. The Labute approximate surface area is 120 Å². The van der Waals surface area contributed by atoms with Gasteiger partial charge in [0.1, 0.15) is 5.82 Å². The molecule has 4 nitrogen and oxygen atoms in total. The number of benzene rings is 1. The molecule has 5 heteroatoms. The fourth-order valence-corrected chi connectivity index (χ4v) is 2.98. The molecule has 20 heavy (non-hydrogen) atoms. The first-order valence-electron chi connectivity index (χ1n) is 6.42. The predicted molar refractivity (Wildman–Crippen MR) is 79.5 cm³/mol. The molecule has 3 aromatic rings. The first-order chi connectivity index (χ1) is 9.69. The Hall–Kier alpha value is -2.14. The molecule has 1 aromatic carbocycles. The molecule has 2 heterocycles. The van der Waals surface area contributed by atoms with Crippen LogP contribution < -0.4 is 0 Å². The molecule has 0 bridgehead atoms. The van der Waals surface area contributed by atoms with E-state index in [1.807, 2.05) is 6.07 Å². The van der Waals surface area contributed by atoms with Gasteiger partial charge in [-0.15, -0.1) is 0 Å². The number of hydrogen-bond acceptors (Lipinski definition) is 3. The zero-order valence-electron chi connectivity index (χ0n) is 11.0. The van der Waals surface area contributed by atoms with Crippen LogP contribution in [0.3, 0.4) is 0 Å². The second-order valence-corrected chi connectivity index (χ2v) is 5.39. The fourth-order valence-electron chi connectivity index (χ4n) is 2.32. The van der Waals surface area contributed by atoms with E-state index in [-0.39, 0.29) is 5.56 Å². The molecule has 1 N–H and O–H groups in total. The Morgan fingerprint density at radius 2 is 2.25 bits per heavy atom. The number of carboxylic acids is 1. The van der Waals surface area contributed by atoms with Gasteiger partial charge in [-0.1, -0.05) is 6.92 Å². The van der Waals surface area contributed by atoms with Crippen LogP contribution in [-0.2, 0) is 13.0 Å². The number of nitrogens with zero attached hydrogens (tertiary/aromatic N) is 2. The summed E-state index contributed by atoms with van der Waals surface area (Å²) >= 11 is 1.68. The predicted octanol–water partition coefficient (Wildman–Crippen LogP) is 3.41. The van der Waals surface area contributed by atoms with Crippen molar-refractivity contribution in [2.24, 2.45) is 0 Å². The van der Waals surface area contributed by atoms with Gasteiger partial charge in [0.2, 0.25) is 0 Å². The van der Waals surface area contributed by atoms with E-state index in [1.54, 1.807) is 23.5 Å². The first kappa shape index (κ1) is 12.9. The van der Waals surface area contributed by atoms with Crippen molar-refractivity contribution >= 4 is 28.3 Å². The van der Waals surface area contributed by atoms with Crippen LogP contribution in [-0.4, -0.2) is 20.6 Å². The maximum absolute atomic E-state index is 11.0. The minimum Gasteiger partial charge on any atom is -0.478 e. The third-order valence-corrected chi connectivity index (χ3v) is 4.04. The normalized spacial score (nSPS) is 11.1. The highest BCUT2D eigenvalue weighted by molar-refractivity contribution is 7.07. The van der Waals surface area contributed by atoms with Crippen molar-refractivity contribution in [1.82, 2.24) is 9.55 Å². The lowest BCUT2D eigenvalue weighted by atomic mass is 10.2. The van der Waals surface area contributed by atoms with Crippen LogP contribution in [0.15, 0.2) is 35.0 Å². The number of fused-ring (bicyclic) bond motifs is 1. The van der Waals surface area contributed by atoms with E-state index in [0.29, 0.717) is 0 Å². The molecule has 0 radical (unpaired) electrons. The van der Waals surface area contributed by atoms with E-state index in [0.717, 1.165) is 29.8 Å². The monoisotopic (exact) mass is 286 g/mol. The summed E-state index contributed by atoms with van der Waals surface area (Å²) in [5, 5.41) is 13.2. The molecular weight excluding hydrogens is 272 g/mol. The van der Waals surface area contributed by atoms with Crippen molar-refractivity contribution in [1.29, 1.82) is 0 Å². The Balaban J connectivity index is 2.12. The average Bonchev–Trinajstić information content (AvgIpc) is 3.06. The molecule has 0 unspecified atom stereocenters. The molecule has 0 aliphatic carbocycles. The van der Waals surface area contributed by atoms with Gasteiger partial charge >= 0.3 is 5.97 Å². The zero-order chi connectivity index (χ0) is 14.1. The fraction of sp³-hybridized carbons (Fsp3) is 0.200. The number of aromatic carboxylic acids is 1. The molecule has 0 saturated heterocycles. The van der Waals surface area contributed by atoms with Gasteiger partial charge in [0.25, 0.3) is 0 Å². The third kappa shape index (κ3) is 2.20. The molecule has 0 aliphatic heterocycles. The van der Waals surface area contributed by atoms with Crippen molar-refractivity contribution in [3.63, 3.8) is 0 Å². The van der Waals surface area contributed by atoms with Crippen LogP contribution in [0.4, 0.5) is 0 Å². The van der Waals surface area contributed by atoms with Crippen molar-refractivity contribution in [2.75, 3.05) is 0 Å². The van der Waals surface area contributed by atoms with Gasteiger partial charge in [0, 0.05) is 6.42 Å². The topological polar surface area (TPSA) is 55.1 Å². The highest BCUT2D eigenvalue weighted by atomic mass is 32.1. The Morgan fingerprint density at radius 3 is 2.90 bits per heavy atom. The molecule has 0 atom stereocenters. The van der Waals surface area contributed by atoms with Crippen LogP contribution in [0.5, 0.6) is 0 Å². The van der Waals surface area contributed by atoms with E-state index in [9.17, 15) is 4.79 Å². The van der Waals surface area contributed by atoms with E-state index < -0.39 is 5.97 Å². The molecule has 102 valence electrons. The molecule has 3 rings (SSSR count). The van der Waals surface area contributed by atoms with Gasteiger partial charge in [-0.3, -0.25) is 0 Å². The van der Waals surface area contributed by atoms with Crippen molar-refractivity contribution < 1.29 is 9.90 Å². The van der Waals surface area contributed by atoms with Crippen molar-refractivity contribution in [3.8, 4) is 0 Å². The van der Waals surface area contributed by atoms with Crippen LogP contribution in [0.25, 0.3) is 11.0 Å². The van der Waals surface area contributed by atoms with E-state index in [2.05, 4.69) is 33.3 Å². The Kier molecular flexibility index (Phi) is 3.28. The number of thiophene rings is 1. The van der Waals surface area contributed by atoms with Gasteiger partial charge < -0.3 is 9.67 Å². The van der Waals surface area contributed by atoms with Crippen LogP contribution in [0.2, 0.25) is 0 Å². The van der Waals surface area contributed by atoms with Gasteiger partial charge in [0.05, 0.1) is 23.1 Å². The minimum absolute atomic E-state index is 0.278. The number of imidazole rings is 1. The highest BCUT2D eigenvalue weighted by Crippen LogP contribution is 2.21. The number of aromatic nitrogens is 2. The van der Waals surface area contributed by atoms with E-state index >= 15 is 0 Å². The quantitative estimate of drug-likeness (QED) is 0.799. The number of aryl methyl sites for hydroxylation is 1. The summed E-state index contributed by atoms with van der Waals surface area (Å²) in [6.45, 7) is 2.83. The first-order valence-corrected chi connectivity index (χ1v) is 7.37. The summed E-state index contributed by atoms with van der Waals surface area (Å²) in [5.74, 6) is 0.0612. The third-order valence-electron chi connectivity index (χ3n) is 3.31. The largest absolute Gasteiger partial charge is 0.478 e. The molecular formula is C15H14N2O2S. The molecule has 0 spiro atoms. The summed E-state index contributed by atoms with van der Waals surface area (Å²) in [6, 6.07) is 7.22. The smallest absolute Gasteiger partial charge is 0.335 e. The Bertz CT molecular complexity index is 760. The number of carboxylic acid groups (broad SMARTS) is 1. The number of rotatable bonds is 4.